The molecule has 0 spiro atoms. The third kappa shape index (κ3) is 3.45. The summed E-state index contributed by atoms with van der Waals surface area (Å²) in [5, 5.41) is 10.1. The quantitative estimate of drug-likeness (QED) is 0.884. The molecule has 6 heteroatoms. The molecule has 1 atom stereocenters. The van der Waals surface area contributed by atoms with E-state index in [1.807, 2.05) is 11.8 Å². The smallest absolute Gasteiger partial charge is 0.179 e. The molecule has 1 aromatic heterocycles. The van der Waals surface area contributed by atoms with Gasteiger partial charge in [-0.25, -0.2) is 13.4 Å². The molecule has 19 heavy (non-hydrogen) atoms. The van der Waals surface area contributed by atoms with E-state index in [1.165, 1.54) is 6.26 Å². The van der Waals surface area contributed by atoms with Gasteiger partial charge >= 0.3 is 0 Å². The molecule has 1 saturated heterocycles. The Morgan fingerprint density at radius 2 is 2.11 bits per heavy atom. The molecule has 0 amide bonds. The molecule has 1 aromatic rings. The number of sulfone groups is 1. The van der Waals surface area contributed by atoms with Crippen LogP contribution in [0.5, 0.6) is 0 Å². The van der Waals surface area contributed by atoms with Gasteiger partial charge in [0.1, 0.15) is 10.7 Å². The van der Waals surface area contributed by atoms with Crippen molar-refractivity contribution in [2.24, 2.45) is 0 Å². The van der Waals surface area contributed by atoms with Gasteiger partial charge in [0, 0.05) is 25.5 Å². The van der Waals surface area contributed by atoms with E-state index in [1.54, 1.807) is 18.3 Å². The summed E-state index contributed by atoms with van der Waals surface area (Å²) in [6.07, 6.45) is 4.97. The lowest BCUT2D eigenvalue weighted by Gasteiger charge is -2.24. The van der Waals surface area contributed by atoms with Gasteiger partial charge in [-0.2, -0.15) is 0 Å². The molecule has 106 valence electrons. The van der Waals surface area contributed by atoms with Gasteiger partial charge in [0.05, 0.1) is 5.60 Å². The number of anilines is 1. The van der Waals surface area contributed by atoms with E-state index < -0.39 is 15.4 Å². The summed E-state index contributed by atoms with van der Waals surface area (Å²) in [7, 11) is -3.29. The van der Waals surface area contributed by atoms with Crippen molar-refractivity contribution < 1.29 is 13.5 Å². The molecular formula is C13H20N2O3S. The van der Waals surface area contributed by atoms with Crippen LogP contribution in [0.3, 0.4) is 0 Å². The fraction of sp³-hybridized carbons (Fsp3) is 0.615. The summed E-state index contributed by atoms with van der Waals surface area (Å²) < 4.78 is 23.6. The van der Waals surface area contributed by atoms with Gasteiger partial charge < -0.3 is 10.0 Å². The standard InChI is InChI=1S/C13H20N2O3S/c1-13(16)6-4-9-15(10-7-13)12-11(19(2,17)18)5-3-8-14-12/h3,5,8,16H,4,6-7,9-10H2,1-2H3. The minimum Gasteiger partial charge on any atom is -0.390 e. The molecule has 1 aliphatic rings. The van der Waals surface area contributed by atoms with Crippen molar-refractivity contribution in [1.29, 1.82) is 0 Å². The molecule has 1 fully saturated rings. The van der Waals surface area contributed by atoms with Crippen LogP contribution in [0.1, 0.15) is 26.2 Å². The van der Waals surface area contributed by atoms with Gasteiger partial charge in [0.15, 0.2) is 9.84 Å². The van der Waals surface area contributed by atoms with Gasteiger partial charge in [0.2, 0.25) is 0 Å². The molecule has 2 heterocycles. The highest BCUT2D eigenvalue weighted by Gasteiger charge is 2.27. The maximum atomic E-state index is 11.8. The van der Waals surface area contributed by atoms with Crippen molar-refractivity contribution in [1.82, 2.24) is 4.98 Å². The second kappa shape index (κ2) is 5.09. The van der Waals surface area contributed by atoms with Crippen molar-refractivity contribution >= 4 is 15.7 Å². The average Bonchev–Trinajstić information content (AvgIpc) is 2.49. The second-order valence-corrected chi connectivity index (χ2v) is 7.42. The van der Waals surface area contributed by atoms with Gasteiger partial charge in [0.25, 0.3) is 0 Å². The minimum atomic E-state index is -3.29. The lowest BCUT2D eigenvalue weighted by molar-refractivity contribution is 0.0481. The van der Waals surface area contributed by atoms with E-state index >= 15 is 0 Å². The Hall–Kier alpha value is -1.14. The van der Waals surface area contributed by atoms with Crippen LogP contribution < -0.4 is 4.90 Å². The highest BCUT2D eigenvalue weighted by atomic mass is 32.2. The van der Waals surface area contributed by atoms with Crippen LogP contribution in [-0.2, 0) is 9.84 Å². The van der Waals surface area contributed by atoms with E-state index in [4.69, 9.17) is 0 Å². The van der Waals surface area contributed by atoms with Crippen LogP contribution in [0.15, 0.2) is 23.2 Å². The lowest BCUT2D eigenvalue weighted by Crippen LogP contribution is -2.29. The summed E-state index contributed by atoms with van der Waals surface area (Å²) in [4.78, 5) is 6.44. The Morgan fingerprint density at radius 1 is 1.37 bits per heavy atom. The third-order valence-corrected chi connectivity index (χ3v) is 4.63. The van der Waals surface area contributed by atoms with Crippen LogP contribution in [0.2, 0.25) is 0 Å². The highest BCUT2D eigenvalue weighted by Crippen LogP contribution is 2.28. The molecule has 1 unspecified atom stereocenters. The Bertz CT molecular complexity index is 555. The van der Waals surface area contributed by atoms with Crippen LogP contribution in [0.4, 0.5) is 5.82 Å². The van der Waals surface area contributed by atoms with Crippen LogP contribution >= 0.6 is 0 Å². The first kappa shape index (κ1) is 14.3. The predicted octanol–water partition coefficient (Wildman–Crippen LogP) is 1.23. The molecule has 1 aliphatic heterocycles. The Morgan fingerprint density at radius 3 is 2.79 bits per heavy atom. The number of nitrogens with zero attached hydrogens (tertiary/aromatic N) is 2. The third-order valence-electron chi connectivity index (χ3n) is 3.51. The molecule has 0 radical (unpaired) electrons. The van der Waals surface area contributed by atoms with Crippen molar-refractivity contribution in [3.8, 4) is 0 Å². The molecule has 1 N–H and O–H groups in total. The van der Waals surface area contributed by atoms with Crippen molar-refractivity contribution in [2.45, 2.75) is 36.7 Å². The zero-order valence-electron chi connectivity index (χ0n) is 11.3. The number of rotatable bonds is 2. The predicted molar refractivity (Wildman–Crippen MR) is 74.0 cm³/mol. The summed E-state index contributed by atoms with van der Waals surface area (Å²) in [5.74, 6) is 0.503. The minimum absolute atomic E-state index is 0.261. The summed E-state index contributed by atoms with van der Waals surface area (Å²) in [6, 6.07) is 3.22. The number of aliphatic hydroxyl groups is 1. The maximum Gasteiger partial charge on any atom is 0.179 e. The largest absolute Gasteiger partial charge is 0.390 e. The average molecular weight is 284 g/mol. The Kier molecular flexibility index (Phi) is 3.82. The van der Waals surface area contributed by atoms with E-state index in [9.17, 15) is 13.5 Å². The second-order valence-electron chi connectivity index (χ2n) is 5.43. The summed E-state index contributed by atoms with van der Waals surface area (Å²) >= 11 is 0. The molecular weight excluding hydrogens is 264 g/mol. The fourth-order valence-electron chi connectivity index (χ4n) is 2.38. The number of pyridine rings is 1. The monoisotopic (exact) mass is 284 g/mol. The van der Waals surface area contributed by atoms with Crippen LogP contribution in [-0.4, -0.2) is 43.5 Å². The zero-order chi connectivity index (χ0) is 14.1. The summed E-state index contributed by atoms with van der Waals surface area (Å²) in [6.45, 7) is 3.16. The van der Waals surface area contributed by atoms with Crippen LogP contribution in [0.25, 0.3) is 0 Å². The van der Waals surface area contributed by atoms with E-state index in [0.29, 0.717) is 18.8 Å². The van der Waals surface area contributed by atoms with E-state index in [0.717, 1.165) is 19.4 Å². The van der Waals surface area contributed by atoms with E-state index in [-0.39, 0.29) is 4.90 Å². The maximum absolute atomic E-state index is 11.8. The SMILES string of the molecule is CC1(O)CCCN(c2ncccc2S(C)(=O)=O)CC1. The first-order chi connectivity index (χ1) is 8.80. The topological polar surface area (TPSA) is 70.5 Å². The normalized spacial score (nSPS) is 25.1. The number of hydrogen-bond donors (Lipinski definition) is 1. The van der Waals surface area contributed by atoms with Crippen molar-refractivity contribution in [3.05, 3.63) is 18.3 Å². The first-order valence-corrected chi connectivity index (χ1v) is 8.31. The molecule has 2 rings (SSSR count). The van der Waals surface area contributed by atoms with Gasteiger partial charge in [-0.15, -0.1) is 0 Å². The fourth-order valence-corrected chi connectivity index (χ4v) is 3.22. The van der Waals surface area contributed by atoms with Crippen molar-refractivity contribution in [2.75, 3.05) is 24.2 Å². The lowest BCUT2D eigenvalue weighted by atomic mass is 9.98. The highest BCUT2D eigenvalue weighted by molar-refractivity contribution is 7.90. The molecule has 0 aromatic carbocycles. The number of hydrogen-bond acceptors (Lipinski definition) is 5. The molecule has 5 nitrogen and oxygen atoms in total. The molecule has 0 bridgehead atoms. The molecule has 0 aliphatic carbocycles. The van der Waals surface area contributed by atoms with Gasteiger partial charge in [-0.1, -0.05) is 0 Å². The van der Waals surface area contributed by atoms with Crippen molar-refractivity contribution in [3.63, 3.8) is 0 Å². The Labute approximate surface area is 114 Å². The number of aromatic nitrogens is 1. The van der Waals surface area contributed by atoms with Gasteiger partial charge in [-0.3, -0.25) is 0 Å². The van der Waals surface area contributed by atoms with E-state index in [2.05, 4.69) is 4.98 Å². The first-order valence-electron chi connectivity index (χ1n) is 6.42. The Balaban J connectivity index is 2.32. The van der Waals surface area contributed by atoms with Crippen LogP contribution in [0, 0.1) is 0 Å². The van der Waals surface area contributed by atoms with Gasteiger partial charge in [-0.05, 0) is 38.3 Å². The summed E-state index contributed by atoms with van der Waals surface area (Å²) in [5.41, 5.74) is -0.672. The molecule has 0 saturated carbocycles. The zero-order valence-corrected chi connectivity index (χ0v) is 12.2.